The Morgan fingerprint density at radius 3 is 2.23 bits per heavy atom. The number of hydrogen-bond acceptors (Lipinski definition) is 4. The molecule has 3 amide bonds. The predicted octanol–water partition coefficient (Wildman–Crippen LogP) is 3.20. The zero-order chi connectivity index (χ0) is 24.2. The van der Waals surface area contributed by atoms with E-state index in [1.807, 2.05) is 85.8 Å². The summed E-state index contributed by atoms with van der Waals surface area (Å²) in [6, 6.07) is 25.2. The second-order valence-corrected chi connectivity index (χ2v) is 9.77. The Morgan fingerprint density at radius 2 is 1.51 bits per heavy atom. The molecule has 1 spiro atoms. The summed E-state index contributed by atoms with van der Waals surface area (Å²) in [5.74, 6) is -2.07. The number of fused-ring (bicyclic) bond motifs is 4. The van der Waals surface area contributed by atoms with Crippen molar-refractivity contribution in [2.75, 3.05) is 11.9 Å². The van der Waals surface area contributed by atoms with Crippen LogP contribution in [0.5, 0.6) is 0 Å². The monoisotopic (exact) mass is 465 g/mol. The van der Waals surface area contributed by atoms with Crippen molar-refractivity contribution < 1.29 is 14.4 Å². The van der Waals surface area contributed by atoms with Crippen LogP contribution in [-0.4, -0.2) is 35.2 Å². The number of aryl methyl sites for hydroxylation is 1. The van der Waals surface area contributed by atoms with Gasteiger partial charge in [0.15, 0.2) is 0 Å². The van der Waals surface area contributed by atoms with Gasteiger partial charge in [-0.15, -0.1) is 0 Å². The third kappa shape index (κ3) is 3.24. The van der Waals surface area contributed by atoms with Crippen molar-refractivity contribution in [1.29, 1.82) is 0 Å². The molecule has 2 N–H and O–H groups in total. The highest BCUT2D eigenvalue weighted by Gasteiger charge is 2.70. The van der Waals surface area contributed by atoms with Crippen LogP contribution < -0.4 is 10.6 Å². The van der Waals surface area contributed by atoms with Crippen molar-refractivity contribution in [3.05, 3.63) is 101 Å². The van der Waals surface area contributed by atoms with Gasteiger partial charge in [-0.1, -0.05) is 78.9 Å². The highest BCUT2D eigenvalue weighted by atomic mass is 16.2. The van der Waals surface area contributed by atoms with E-state index in [4.69, 9.17) is 0 Å². The second kappa shape index (κ2) is 8.17. The van der Waals surface area contributed by atoms with Gasteiger partial charge in [0.05, 0.1) is 11.8 Å². The number of anilines is 1. The lowest BCUT2D eigenvalue weighted by Gasteiger charge is -2.29. The van der Waals surface area contributed by atoms with Crippen molar-refractivity contribution in [3.63, 3.8) is 0 Å². The van der Waals surface area contributed by atoms with Gasteiger partial charge >= 0.3 is 0 Å². The first-order valence-electron chi connectivity index (χ1n) is 12.1. The van der Waals surface area contributed by atoms with Gasteiger partial charge in [0.1, 0.15) is 5.54 Å². The summed E-state index contributed by atoms with van der Waals surface area (Å²) in [6.45, 7) is 2.25. The Kier molecular flexibility index (Phi) is 5.07. The maximum atomic E-state index is 13.9. The molecule has 3 aromatic rings. The second-order valence-electron chi connectivity index (χ2n) is 9.77. The number of hydrogen-bond donors (Lipinski definition) is 2. The van der Waals surface area contributed by atoms with Crippen LogP contribution in [0.15, 0.2) is 78.9 Å². The van der Waals surface area contributed by atoms with E-state index in [0.29, 0.717) is 19.4 Å². The smallest absolute Gasteiger partial charge is 0.250 e. The molecule has 176 valence electrons. The van der Waals surface area contributed by atoms with Gasteiger partial charge in [0, 0.05) is 23.8 Å². The van der Waals surface area contributed by atoms with Crippen LogP contribution in [0.4, 0.5) is 5.69 Å². The molecule has 0 aromatic heterocycles. The van der Waals surface area contributed by atoms with Crippen LogP contribution in [0.3, 0.4) is 0 Å². The molecule has 2 fully saturated rings. The summed E-state index contributed by atoms with van der Waals surface area (Å²) < 4.78 is 0. The number of carbonyl (C=O) groups is 3. The van der Waals surface area contributed by atoms with E-state index in [1.54, 1.807) is 0 Å². The van der Waals surface area contributed by atoms with Gasteiger partial charge in [-0.05, 0) is 36.5 Å². The number of likely N-dealkylation sites (tertiary alicyclic amines) is 1. The Bertz CT molecular complexity index is 1320. The standard InChI is InChI=1S/C29H27N3O3/c1-18-9-8-14-21-25(18)30-28(35)29(21)24-23(22(31-29)17-20-12-6-3-7-13-20)26(33)32(27(24)34)16-15-19-10-4-2-5-11-19/h2-14,22-24,31H,15-17H2,1H3,(H,30,35)/t22-,23+,24+,29-/m0/s1. The number of imide groups is 1. The number of nitrogens with one attached hydrogen (secondary N) is 2. The lowest BCUT2D eigenvalue weighted by molar-refractivity contribution is -0.142. The lowest BCUT2D eigenvalue weighted by atomic mass is 9.76. The predicted molar refractivity (Wildman–Crippen MR) is 132 cm³/mol. The number of rotatable bonds is 5. The average Bonchev–Trinajstić information content (AvgIpc) is 3.45. The summed E-state index contributed by atoms with van der Waals surface area (Å²) in [5.41, 5.74) is 3.33. The van der Waals surface area contributed by atoms with Crippen LogP contribution in [-0.2, 0) is 32.8 Å². The minimum absolute atomic E-state index is 0.185. The summed E-state index contributed by atoms with van der Waals surface area (Å²) in [7, 11) is 0. The fourth-order valence-corrected chi connectivity index (χ4v) is 6.18. The van der Waals surface area contributed by atoms with Gasteiger partial charge in [-0.3, -0.25) is 24.6 Å². The van der Waals surface area contributed by atoms with E-state index in [1.165, 1.54) is 4.90 Å². The van der Waals surface area contributed by atoms with E-state index in [9.17, 15) is 14.4 Å². The minimum atomic E-state index is -1.25. The largest absolute Gasteiger partial charge is 0.324 e. The highest BCUT2D eigenvalue weighted by molar-refractivity contribution is 6.15. The highest BCUT2D eigenvalue weighted by Crippen LogP contribution is 2.53. The molecule has 0 aliphatic carbocycles. The number of para-hydroxylation sites is 1. The molecule has 0 unspecified atom stereocenters. The average molecular weight is 466 g/mol. The Labute approximate surface area is 204 Å². The Hall–Kier alpha value is -3.77. The zero-order valence-corrected chi connectivity index (χ0v) is 19.5. The van der Waals surface area contributed by atoms with Crippen LogP contribution in [0.2, 0.25) is 0 Å². The van der Waals surface area contributed by atoms with Gasteiger partial charge in [0.25, 0.3) is 0 Å². The first-order valence-corrected chi connectivity index (χ1v) is 12.1. The molecule has 6 rings (SSSR count). The normalized spacial score (nSPS) is 26.8. The molecule has 3 aliphatic rings. The topological polar surface area (TPSA) is 78.5 Å². The lowest BCUT2D eigenvalue weighted by Crippen LogP contribution is -2.53. The number of benzene rings is 3. The van der Waals surface area contributed by atoms with E-state index >= 15 is 0 Å². The number of carbonyl (C=O) groups excluding carboxylic acids is 3. The van der Waals surface area contributed by atoms with Crippen molar-refractivity contribution in [1.82, 2.24) is 10.2 Å². The molecule has 0 bridgehead atoms. The van der Waals surface area contributed by atoms with Gasteiger partial charge in [0.2, 0.25) is 17.7 Å². The molecule has 0 saturated carbocycles. The molecule has 4 atom stereocenters. The van der Waals surface area contributed by atoms with Crippen molar-refractivity contribution in [2.24, 2.45) is 11.8 Å². The van der Waals surface area contributed by atoms with Crippen LogP contribution in [0.1, 0.15) is 22.3 Å². The molecular weight excluding hydrogens is 438 g/mol. The van der Waals surface area contributed by atoms with Crippen molar-refractivity contribution in [3.8, 4) is 0 Å². The maximum absolute atomic E-state index is 13.9. The van der Waals surface area contributed by atoms with Crippen molar-refractivity contribution >= 4 is 23.4 Å². The Balaban J connectivity index is 1.41. The molecule has 2 saturated heterocycles. The first-order chi connectivity index (χ1) is 17.0. The molecule has 3 aromatic carbocycles. The third-order valence-electron chi connectivity index (χ3n) is 7.82. The van der Waals surface area contributed by atoms with E-state index in [0.717, 1.165) is 27.9 Å². The molecule has 35 heavy (non-hydrogen) atoms. The molecule has 0 radical (unpaired) electrons. The number of amides is 3. The van der Waals surface area contributed by atoms with Crippen LogP contribution >= 0.6 is 0 Å². The van der Waals surface area contributed by atoms with Gasteiger partial charge in [-0.25, -0.2) is 0 Å². The quantitative estimate of drug-likeness (QED) is 0.568. The van der Waals surface area contributed by atoms with Crippen LogP contribution in [0.25, 0.3) is 0 Å². The van der Waals surface area contributed by atoms with Crippen molar-refractivity contribution in [2.45, 2.75) is 31.3 Å². The van der Waals surface area contributed by atoms with E-state index < -0.39 is 17.4 Å². The first kappa shape index (κ1) is 21.7. The summed E-state index contributed by atoms with van der Waals surface area (Å²) in [6.07, 6.45) is 1.15. The Morgan fingerprint density at radius 1 is 0.829 bits per heavy atom. The van der Waals surface area contributed by atoms with Crippen LogP contribution in [0, 0.1) is 18.8 Å². The molecule has 3 heterocycles. The molecule has 6 heteroatoms. The molecule has 6 nitrogen and oxygen atoms in total. The summed E-state index contributed by atoms with van der Waals surface area (Å²) in [5, 5.41) is 6.54. The summed E-state index contributed by atoms with van der Waals surface area (Å²) in [4.78, 5) is 42.7. The van der Waals surface area contributed by atoms with Gasteiger partial charge < -0.3 is 5.32 Å². The maximum Gasteiger partial charge on any atom is 0.250 e. The fourth-order valence-electron chi connectivity index (χ4n) is 6.18. The van der Waals surface area contributed by atoms with E-state index in [-0.39, 0.29) is 23.8 Å². The molecular formula is C29H27N3O3. The SMILES string of the molecule is Cc1cccc2c1NC(=O)[C@]21N[C@@H](Cc2ccccc2)[C@H]2C(=O)N(CCc3ccccc3)C(=O)[C@@H]21. The minimum Gasteiger partial charge on any atom is -0.324 e. The third-order valence-corrected chi connectivity index (χ3v) is 7.82. The molecule has 3 aliphatic heterocycles. The summed E-state index contributed by atoms with van der Waals surface area (Å²) >= 11 is 0. The van der Waals surface area contributed by atoms with E-state index in [2.05, 4.69) is 10.6 Å². The number of nitrogens with zero attached hydrogens (tertiary/aromatic N) is 1. The zero-order valence-electron chi connectivity index (χ0n) is 19.5. The fraction of sp³-hybridized carbons (Fsp3) is 0.276. The van der Waals surface area contributed by atoms with Gasteiger partial charge in [-0.2, -0.15) is 0 Å².